The van der Waals surface area contributed by atoms with E-state index in [0.29, 0.717) is 11.1 Å². The summed E-state index contributed by atoms with van der Waals surface area (Å²) in [6, 6.07) is 19.5. The molecule has 5 heteroatoms. The summed E-state index contributed by atoms with van der Waals surface area (Å²) < 4.78 is 4.67. The Morgan fingerprint density at radius 3 is 2.04 bits per heavy atom. The molecule has 0 saturated heterocycles. The van der Waals surface area contributed by atoms with Gasteiger partial charge in [-0.2, -0.15) is 0 Å². The van der Waals surface area contributed by atoms with Crippen LogP contribution in [0.15, 0.2) is 79.1 Å². The van der Waals surface area contributed by atoms with Crippen LogP contribution in [0.1, 0.15) is 37.9 Å². The molecule has 0 aliphatic rings. The van der Waals surface area contributed by atoms with E-state index in [2.05, 4.69) is 15.0 Å². The fraction of sp³-hybridized carbons (Fsp3) is 0.0952. The van der Waals surface area contributed by atoms with Crippen molar-refractivity contribution in [3.63, 3.8) is 0 Å². The van der Waals surface area contributed by atoms with Gasteiger partial charge in [-0.05, 0) is 47.5 Å². The highest BCUT2D eigenvalue weighted by atomic mass is 16.5. The Balaban J connectivity index is 1.85. The zero-order valence-electron chi connectivity index (χ0n) is 14.3. The topological polar surface area (TPSA) is 68.3 Å². The first-order valence-corrected chi connectivity index (χ1v) is 8.13. The number of hydrogen-bond acceptors (Lipinski definition) is 4. The van der Waals surface area contributed by atoms with Gasteiger partial charge in [0.25, 0.3) is 5.91 Å². The fourth-order valence-corrected chi connectivity index (χ4v) is 2.65. The van der Waals surface area contributed by atoms with Crippen LogP contribution in [0.4, 0.5) is 0 Å². The maximum Gasteiger partial charge on any atom is 0.337 e. The largest absolute Gasteiger partial charge is 0.465 e. The summed E-state index contributed by atoms with van der Waals surface area (Å²) in [5, 5.41) is 3.05. The van der Waals surface area contributed by atoms with Crippen molar-refractivity contribution in [2.24, 2.45) is 0 Å². The second-order valence-electron chi connectivity index (χ2n) is 5.67. The van der Waals surface area contributed by atoms with Crippen molar-refractivity contribution in [2.45, 2.75) is 6.04 Å². The lowest BCUT2D eigenvalue weighted by molar-refractivity contribution is 0.0600. The van der Waals surface area contributed by atoms with Gasteiger partial charge in [0.05, 0.1) is 18.7 Å². The first-order chi connectivity index (χ1) is 12.7. The molecule has 3 rings (SSSR count). The molecular weight excluding hydrogens is 328 g/mol. The number of rotatable bonds is 5. The van der Waals surface area contributed by atoms with Crippen molar-refractivity contribution < 1.29 is 14.3 Å². The number of carbonyl (C=O) groups is 2. The molecule has 0 aliphatic heterocycles. The van der Waals surface area contributed by atoms with Crippen molar-refractivity contribution >= 4 is 11.9 Å². The molecule has 0 aliphatic carbocycles. The van der Waals surface area contributed by atoms with Gasteiger partial charge in [-0.1, -0.05) is 30.3 Å². The van der Waals surface area contributed by atoms with Crippen LogP contribution in [0.2, 0.25) is 0 Å². The van der Waals surface area contributed by atoms with E-state index in [1.54, 1.807) is 36.7 Å². The molecule has 26 heavy (non-hydrogen) atoms. The molecule has 0 spiro atoms. The number of esters is 1. The molecule has 1 unspecified atom stereocenters. The van der Waals surface area contributed by atoms with E-state index < -0.39 is 5.97 Å². The molecule has 1 amide bonds. The van der Waals surface area contributed by atoms with Crippen LogP contribution in [0.25, 0.3) is 0 Å². The van der Waals surface area contributed by atoms with E-state index in [-0.39, 0.29) is 11.9 Å². The molecule has 0 saturated carbocycles. The number of pyridine rings is 1. The number of ether oxygens (including phenoxy) is 1. The lowest BCUT2D eigenvalue weighted by Gasteiger charge is -2.20. The van der Waals surface area contributed by atoms with Crippen molar-refractivity contribution in [1.82, 2.24) is 10.3 Å². The lowest BCUT2D eigenvalue weighted by Crippen LogP contribution is -2.29. The third kappa shape index (κ3) is 3.95. The summed E-state index contributed by atoms with van der Waals surface area (Å²) >= 11 is 0. The quantitative estimate of drug-likeness (QED) is 0.719. The SMILES string of the molecule is COC(=O)c1ccc(C(=O)NC(c2ccccc2)c2ccncc2)cc1. The predicted molar refractivity (Wildman–Crippen MR) is 97.8 cm³/mol. The van der Waals surface area contributed by atoms with Crippen LogP contribution in [-0.2, 0) is 4.74 Å². The molecule has 130 valence electrons. The van der Waals surface area contributed by atoms with Crippen molar-refractivity contribution in [1.29, 1.82) is 0 Å². The second-order valence-corrected chi connectivity index (χ2v) is 5.67. The summed E-state index contributed by atoms with van der Waals surface area (Å²) in [5.41, 5.74) is 2.77. The van der Waals surface area contributed by atoms with Crippen molar-refractivity contribution in [3.05, 3.63) is 101 Å². The number of amides is 1. The fourth-order valence-electron chi connectivity index (χ4n) is 2.65. The monoisotopic (exact) mass is 346 g/mol. The van der Waals surface area contributed by atoms with Crippen LogP contribution in [0.3, 0.4) is 0 Å². The molecule has 0 radical (unpaired) electrons. The van der Waals surface area contributed by atoms with E-state index in [1.807, 2.05) is 42.5 Å². The van der Waals surface area contributed by atoms with Gasteiger partial charge in [0.2, 0.25) is 0 Å². The van der Waals surface area contributed by atoms with Crippen LogP contribution >= 0.6 is 0 Å². The molecule has 2 aromatic carbocycles. The minimum atomic E-state index is -0.434. The smallest absolute Gasteiger partial charge is 0.337 e. The van der Waals surface area contributed by atoms with Gasteiger partial charge < -0.3 is 10.1 Å². The van der Waals surface area contributed by atoms with Crippen LogP contribution in [0.5, 0.6) is 0 Å². The number of hydrogen-bond donors (Lipinski definition) is 1. The number of methoxy groups -OCH3 is 1. The van der Waals surface area contributed by atoms with E-state index >= 15 is 0 Å². The maximum atomic E-state index is 12.7. The summed E-state index contributed by atoms with van der Waals surface area (Å²) in [4.78, 5) is 28.3. The van der Waals surface area contributed by atoms with Gasteiger partial charge in [-0.3, -0.25) is 9.78 Å². The minimum absolute atomic E-state index is 0.230. The number of nitrogens with one attached hydrogen (secondary N) is 1. The van der Waals surface area contributed by atoms with Crippen molar-refractivity contribution in [3.8, 4) is 0 Å². The Hall–Kier alpha value is -3.47. The lowest BCUT2D eigenvalue weighted by atomic mass is 9.99. The molecule has 5 nitrogen and oxygen atoms in total. The zero-order chi connectivity index (χ0) is 18.4. The number of aromatic nitrogens is 1. The van der Waals surface area contributed by atoms with Crippen LogP contribution in [-0.4, -0.2) is 24.0 Å². The van der Waals surface area contributed by atoms with E-state index in [4.69, 9.17) is 0 Å². The van der Waals surface area contributed by atoms with Gasteiger partial charge in [-0.25, -0.2) is 4.79 Å². The molecule has 1 N–H and O–H groups in total. The maximum absolute atomic E-state index is 12.7. The standard InChI is InChI=1S/C21H18N2O3/c1-26-21(25)18-9-7-17(8-10-18)20(24)23-19(15-5-3-2-4-6-15)16-11-13-22-14-12-16/h2-14,19H,1H3,(H,23,24). The summed E-state index contributed by atoms with van der Waals surface area (Å²) in [7, 11) is 1.32. The van der Waals surface area contributed by atoms with Crippen LogP contribution in [0, 0.1) is 0 Å². The van der Waals surface area contributed by atoms with Crippen LogP contribution < -0.4 is 5.32 Å². The third-order valence-electron chi connectivity index (χ3n) is 4.02. The average Bonchev–Trinajstić information content (AvgIpc) is 2.72. The Labute approximate surface area is 151 Å². The van der Waals surface area contributed by atoms with Gasteiger partial charge in [0.15, 0.2) is 0 Å². The molecule has 0 fully saturated rings. The highest BCUT2D eigenvalue weighted by Gasteiger charge is 2.18. The van der Waals surface area contributed by atoms with E-state index in [9.17, 15) is 9.59 Å². The Morgan fingerprint density at radius 2 is 1.42 bits per heavy atom. The molecule has 1 atom stereocenters. The van der Waals surface area contributed by atoms with E-state index in [1.165, 1.54) is 7.11 Å². The number of carbonyl (C=O) groups excluding carboxylic acids is 2. The second kappa shape index (κ2) is 8.07. The molecule has 3 aromatic rings. The van der Waals surface area contributed by atoms with E-state index in [0.717, 1.165) is 11.1 Å². The third-order valence-corrected chi connectivity index (χ3v) is 4.02. The average molecular weight is 346 g/mol. The Bertz CT molecular complexity index is 839. The van der Waals surface area contributed by atoms with Gasteiger partial charge >= 0.3 is 5.97 Å². The number of benzene rings is 2. The summed E-state index contributed by atoms with van der Waals surface area (Å²) in [6.07, 6.45) is 3.39. The number of nitrogens with zero attached hydrogens (tertiary/aromatic N) is 1. The molecular formula is C21H18N2O3. The summed E-state index contributed by atoms with van der Waals surface area (Å²) in [6.45, 7) is 0. The van der Waals surface area contributed by atoms with Crippen molar-refractivity contribution in [2.75, 3.05) is 7.11 Å². The van der Waals surface area contributed by atoms with Gasteiger partial charge in [0.1, 0.15) is 0 Å². The Morgan fingerprint density at radius 1 is 0.846 bits per heavy atom. The molecule has 1 heterocycles. The first kappa shape index (κ1) is 17.4. The normalized spacial score (nSPS) is 11.4. The highest BCUT2D eigenvalue weighted by molar-refractivity contribution is 5.96. The molecule has 0 bridgehead atoms. The predicted octanol–water partition coefficient (Wildman–Crippen LogP) is 3.39. The summed E-state index contributed by atoms with van der Waals surface area (Å²) in [5.74, 6) is -0.664. The minimum Gasteiger partial charge on any atom is -0.465 e. The van der Waals surface area contributed by atoms with Gasteiger partial charge in [-0.15, -0.1) is 0 Å². The molecule has 1 aromatic heterocycles. The zero-order valence-corrected chi connectivity index (χ0v) is 14.3. The Kier molecular flexibility index (Phi) is 5.39. The first-order valence-electron chi connectivity index (χ1n) is 8.13. The van der Waals surface area contributed by atoms with Gasteiger partial charge in [0, 0.05) is 18.0 Å². The highest BCUT2D eigenvalue weighted by Crippen LogP contribution is 2.22.